The van der Waals surface area contributed by atoms with Crippen LogP contribution in [0.4, 0.5) is 13.2 Å². The van der Waals surface area contributed by atoms with Crippen molar-refractivity contribution in [1.82, 2.24) is 4.90 Å². The molecule has 6 heteroatoms. The van der Waals surface area contributed by atoms with E-state index >= 15 is 0 Å². The fourth-order valence-corrected chi connectivity index (χ4v) is 2.51. The minimum atomic E-state index is -4.39. The quantitative estimate of drug-likeness (QED) is 0.848. The molecule has 1 aliphatic rings. The Labute approximate surface area is 115 Å². The predicted octanol–water partition coefficient (Wildman–Crippen LogP) is 2.98. The van der Waals surface area contributed by atoms with E-state index in [-0.39, 0.29) is 23.9 Å². The van der Waals surface area contributed by atoms with Gasteiger partial charge in [-0.15, -0.1) is 0 Å². The number of amides is 1. The second kappa shape index (κ2) is 5.45. The Morgan fingerprint density at radius 1 is 1.32 bits per heavy atom. The van der Waals surface area contributed by atoms with Crippen molar-refractivity contribution in [2.45, 2.75) is 19.1 Å². The molecule has 0 radical (unpaired) electrons. The molecule has 0 saturated carbocycles. The first kappa shape index (κ1) is 14.2. The molecule has 104 valence electrons. The molecule has 1 fully saturated rings. The highest BCUT2D eigenvalue weighted by atomic mass is 32.1. The van der Waals surface area contributed by atoms with Crippen molar-refractivity contribution in [3.8, 4) is 0 Å². The standard InChI is InChI=1S/C13H14F3NOS/c14-13(15,16)11-4-2-1-3-10(11)7-17-6-9(8-19)5-12(17)18/h1-4,9,19H,5-8H2. The first-order valence-electron chi connectivity index (χ1n) is 5.95. The number of carbonyl (C=O) groups is 1. The molecule has 1 aromatic rings. The highest BCUT2D eigenvalue weighted by molar-refractivity contribution is 7.80. The summed E-state index contributed by atoms with van der Waals surface area (Å²) in [6, 6.07) is 5.38. The van der Waals surface area contributed by atoms with Gasteiger partial charge >= 0.3 is 6.18 Å². The molecule has 0 aromatic heterocycles. The highest BCUT2D eigenvalue weighted by Gasteiger charge is 2.35. The number of likely N-dealkylation sites (tertiary alicyclic amines) is 1. The van der Waals surface area contributed by atoms with Crippen LogP contribution in [0.2, 0.25) is 0 Å². The van der Waals surface area contributed by atoms with Crippen LogP contribution in [0.5, 0.6) is 0 Å². The van der Waals surface area contributed by atoms with Crippen LogP contribution in [-0.2, 0) is 17.5 Å². The summed E-state index contributed by atoms with van der Waals surface area (Å²) in [5, 5.41) is 0. The summed E-state index contributed by atoms with van der Waals surface area (Å²) in [5.41, 5.74) is -0.528. The predicted molar refractivity (Wildman–Crippen MR) is 68.8 cm³/mol. The number of hydrogen-bond donors (Lipinski definition) is 1. The van der Waals surface area contributed by atoms with Crippen LogP contribution in [0.3, 0.4) is 0 Å². The molecule has 1 aromatic carbocycles. The van der Waals surface area contributed by atoms with Crippen LogP contribution < -0.4 is 0 Å². The number of alkyl halides is 3. The topological polar surface area (TPSA) is 20.3 Å². The maximum absolute atomic E-state index is 12.8. The van der Waals surface area contributed by atoms with Crippen LogP contribution in [0.25, 0.3) is 0 Å². The molecule has 1 amide bonds. The number of halogens is 3. The highest BCUT2D eigenvalue weighted by Crippen LogP contribution is 2.33. The van der Waals surface area contributed by atoms with Gasteiger partial charge in [-0.1, -0.05) is 18.2 Å². The van der Waals surface area contributed by atoms with E-state index in [9.17, 15) is 18.0 Å². The average molecular weight is 289 g/mol. The minimum absolute atomic E-state index is 0.0127. The van der Waals surface area contributed by atoms with Gasteiger partial charge in [0.25, 0.3) is 0 Å². The van der Waals surface area contributed by atoms with Gasteiger partial charge in [-0.2, -0.15) is 25.8 Å². The van der Waals surface area contributed by atoms with E-state index in [1.165, 1.54) is 17.0 Å². The lowest BCUT2D eigenvalue weighted by Gasteiger charge is -2.19. The van der Waals surface area contributed by atoms with Crippen molar-refractivity contribution in [3.63, 3.8) is 0 Å². The van der Waals surface area contributed by atoms with E-state index in [0.717, 1.165) is 6.07 Å². The Kier molecular flexibility index (Phi) is 4.08. The summed E-state index contributed by atoms with van der Waals surface area (Å²) in [6.07, 6.45) is -4.01. The molecular formula is C13H14F3NOS. The first-order valence-corrected chi connectivity index (χ1v) is 6.59. The van der Waals surface area contributed by atoms with E-state index < -0.39 is 11.7 Å². The Balaban J connectivity index is 2.18. The number of thiol groups is 1. The lowest BCUT2D eigenvalue weighted by atomic mass is 10.1. The molecule has 0 aliphatic carbocycles. The van der Waals surface area contributed by atoms with Gasteiger partial charge in [0.05, 0.1) is 5.56 Å². The Morgan fingerprint density at radius 2 is 2.00 bits per heavy atom. The molecule has 0 bridgehead atoms. The Morgan fingerprint density at radius 3 is 2.58 bits per heavy atom. The zero-order chi connectivity index (χ0) is 14.0. The van der Waals surface area contributed by atoms with Crippen molar-refractivity contribution in [2.75, 3.05) is 12.3 Å². The molecule has 1 aliphatic heterocycles. The van der Waals surface area contributed by atoms with Gasteiger partial charge in [-0.25, -0.2) is 0 Å². The monoisotopic (exact) mass is 289 g/mol. The van der Waals surface area contributed by atoms with Crippen molar-refractivity contribution in [2.24, 2.45) is 5.92 Å². The molecule has 1 atom stereocenters. The van der Waals surface area contributed by atoms with Crippen molar-refractivity contribution >= 4 is 18.5 Å². The molecule has 0 N–H and O–H groups in total. The molecule has 2 rings (SSSR count). The fourth-order valence-electron chi connectivity index (χ4n) is 2.27. The van der Waals surface area contributed by atoms with Crippen molar-refractivity contribution in [1.29, 1.82) is 0 Å². The third-order valence-electron chi connectivity index (χ3n) is 3.24. The van der Waals surface area contributed by atoms with Crippen molar-refractivity contribution in [3.05, 3.63) is 35.4 Å². The van der Waals surface area contributed by atoms with E-state index in [2.05, 4.69) is 12.6 Å². The number of hydrogen-bond acceptors (Lipinski definition) is 2. The zero-order valence-corrected chi connectivity index (χ0v) is 11.0. The molecule has 19 heavy (non-hydrogen) atoms. The average Bonchev–Trinajstić information content (AvgIpc) is 2.70. The van der Waals surface area contributed by atoms with E-state index in [1.54, 1.807) is 6.07 Å². The van der Waals surface area contributed by atoms with Gasteiger partial charge in [-0.05, 0) is 23.3 Å². The summed E-state index contributed by atoms with van der Waals surface area (Å²) in [5.74, 6) is 0.605. The molecule has 2 nitrogen and oxygen atoms in total. The lowest BCUT2D eigenvalue weighted by molar-refractivity contribution is -0.139. The van der Waals surface area contributed by atoms with Gasteiger partial charge in [0.1, 0.15) is 0 Å². The largest absolute Gasteiger partial charge is 0.416 e. The summed E-state index contributed by atoms with van der Waals surface area (Å²) >= 11 is 4.13. The summed E-state index contributed by atoms with van der Waals surface area (Å²) in [6.45, 7) is 0.493. The lowest BCUT2D eigenvalue weighted by Crippen LogP contribution is -2.26. The number of benzene rings is 1. The molecule has 1 unspecified atom stereocenters. The second-order valence-corrected chi connectivity index (χ2v) is 5.05. The van der Waals surface area contributed by atoms with Crippen LogP contribution in [0, 0.1) is 5.92 Å². The zero-order valence-electron chi connectivity index (χ0n) is 10.2. The smallest absolute Gasteiger partial charge is 0.338 e. The van der Waals surface area contributed by atoms with Crippen molar-refractivity contribution < 1.29 is 18.0 Å². The third-order valence-corrected chi connectivity index (χ3v) is 3.75. The van der Waals surface area contributed by atoms with Gasteiger partial charge in [0.15, 0.2) is 0 Å². The normalized spacial score (nSPS) is 20.1. The molecule has 1 saturated heterocycles. The van der Waals surface area contributed by atoms with Gasteiger partial charge in [0, 0.05) is 19.5 Å². The molecular weight excluding hydrogens is 275 g/mol. The summed E-state index contributed by atoms with van der Waals surface area (Å²) in [4.78, 5) is 13.2. The van der Waals surface area contributed by atoms with E-state index in [1.807, 2.05) is 0 Å². The van der Waals surface area contributed by atoms with Crippen LogP contribution in [0.15, 0.2) is 24.3 Å². The van der Waals surface area contributed by atoms with Gasteiger partial charge in [-0.3, -0.25) is 4.79 Å². The summed E-state index contributed by atoms with van der Waals surface area (Å²) < 4.78 is 38.5. The third kappa shape index (κ3) is 3.23. The van der Waals surface area contributed by atoms with Crippen LogP contribution >= 0.6 is 12.6 Å². The van der Waals surface area contributed by atoms with E-state index in [0.29, 0.717) is 18.7 Å². The maximum atomic E-state index is 12.8. The number of rotatable bonds is 3. The second-order valence-electron chi connectivity index (χ2n) is 4.68. The molecule has 0 spiro atoms. The fraction of sp³-hybridized carbons (Fsp3) is 0.462. The SMILES string of the molecule is O=C1CC(CS)CN1Cc1ccccc1C(F)(F)F. The van der Waals surface area contributed by atoms with Gasteiger partial charge < -0.3 is 4.90 Å². The first-order chi connectivity index (χ1) is 8.91. The summed E-state index contributed by atoms with van der Waals surface area (Å²) in [7, 11) is 0. The number of carbonyl (C=O) groups excluding carboxylic acids is 1. The molecule has 1 heterocycles. The maximum Gasteiger partial charge on any atom is 0.416 e. The van der Waals surface area contributed by atoms with Crippen LogP contribution in [0.1, 0.15) is 17.5 Å². The Bertz CT molecular complexity index is 475. The van der Waals surface area contributed by atoms with Crippen LogP contribution in [-0.4, -0.2) is 23.1 Å². The number of nitrogens with zero attached hydrogens (tertiary/aromatic N) is 1. The Hall–Kier alpha value is -1.17. The minimum Gasteiger partial charge on any atom is -0.338 e. The van der Waals surface area contributed by atoms with E-state index in [4.69, 9.17) is 0 Å². The van der Waals surface area contributed by atoms with Gasteiger partial charge in [0.2, 0.25) is 5.91 Å².